The molecule has 0 radical (unpaired) electrons. The molecule has 1 aliphatic rings. The van der Waals surface area contributed by atoms with Gasteiger partial charge in [0, 0.05) is 26.1 Å². The van der Waals surface area contributed by atoms with E-state index in [1.165, 1.54) is 13.3 Å². The highest BCUT2D eigenvalue weighted by molar-refractivity contribution is 5.93. The first-order valence-corrected chi connectivity index (χ1v) is 6.23. The molecule has 0 aromatic carbocycles. The number of piperidine rings is 1. The summed E-state index contributed by atoms with van der Waals surface area (Å²) in [5.41, 5.74) is 0. The Balaban J connectivity index is 2.04. The Morgan fingerprint density at radius 2 is 2.22 bits per heavy atom. The molecule has 1 aliphatic heterocycles. The molecule has 2 amide bonds. The predicted molar refractivity (Wildman–Crippen MR) is 67.3 cm³/mol. The van der Waals surface area contributed by atoms with Crippen molar-refractivity contribution in [1.82, 2.24) is 4.90 Å². The van der Waals surface area contributed by atoms with Crippen molar-refractivity contribution >= 4 is 17.7 Å². The van der Waals surface area contributed by atoms with Crippen molar-refractivity contribution in [3.63, 3.8) is 0 Å². The maximum absolute atomic E-state index is 12.2. The summed E-state index contributed by atoms with van der Waals surface area (Å²) in [4.78, 5) is 24.8. The topological polar surface area (TPSA) is 62.6 Å². The van der Waals surface area contributed by atoms with E-state index in [1.54, 1.807) is 12.1 Å². The SMILES string of the molecule is CC(=O)Nc1ccc(C(=O)N2CCCC(C)C2)o1. The van der Waals surface area contributed by atoms with E-state index in [2.05, 4.69) is 12.2 Å². The highest BCUT2D eigenvalue weighted by atomic mass is 16.4. The normalized spacial score (nSPS) is 19.7. The van der Waals surface area contributed by atoms with Crippen molar-refractivity contribution in [3.8, 4) is 0 Å². The van der Waals surface area contributed by atoms with Gasteiger partial charge in [0.1, 0.15) is 0 Å². The molecule has 1 atom stereocenters. The van der Waals surface area contributed by atoms with Gasteiger partial charge in [-0.1, -0.05) is 6.92 Å². The Morgan fingerprint density at radius 1 is 1.44 bits per heavy atom. The van der Waals surface area contributed by atoms with Gasteiger partial charge in [-0.2, -0.15) is 0 Å². The molecule has 1 fully saturated rings. The number of furan rings is 1. The number of nitrogens with one attached hydrogen (secondary N) is 1. The lowest BCUT2D eigenvalue weighted by Crippen LogP contribution is -2.38. The molecule has 98 valence electrons. The maximum Gasteiger partial charge on any atom is 0.289 e. The zero-order chi connectivity index (χ0) is 13.1. The lowest BCUT2D eigenvalue weighted by Gasteiger charge is -2.30. The van der Waals surface area contributed by atoms with Gasteiger partial charge in [0.25, 0.3) is 5.91 Å². The van der Waals surface area contributed by atoms with Gasteiger partial charge in [-0.15, -0.1) is 0 Å². The monoisotopic (exact) mass is 250 g/mol. The van der Waals surface area contributed by atoms with Crippen LogP contribution in [0.4, 0.5) is 5.88 Å². The van der Waals surface area contributed by atoms with Crippen LogP contribution < -0.4 is 5.32 Å². The van der Waals surface area contributed by atoms with Gasteiger partial charge in [-0.25, -0.2) is 0 Å². The van der Waals surface area contributed by atoms with Crippen LogP contribution in [0, 0.1) is 5.92 Å². The lowest BCUT2D eigenvalue weighted by molar-refractivity contribution is -0.114. The summed E-state index contributed by atoms with van der Waals surface area (Å²) in [6.45, 7) is 5.09. The van der Waals surface area contributed by atoms with E-state index < -0.39 is 0 Å². The highest BCUT2D eigenvalue weighted by Gasteiger charge is 2.24. The van der Waals surface area contributed by atoms with Crippen molar-refractivity contribution in [1.29, 1.82) is 0 Å². The highest BCUT2D eigenvalue weighted by Crippen LogP contribution is 2.20. The van der Waals surface area contributed by atoms with Gasteiger partial charge in [-0.05, 0) is 24.8 Å². The van der Waals surface area contributed by atoms with Crippen LogP contribution in [-0.2, 0) is 4.79 Å². The number of amides is 2. The van der Waals surface area contributed by atoms with Crippen LogP contribution in [0.5, 0.6) is 0 Å². The van der Waals surface area contributed by atoms with Crippen LogP contribution in [0.3, 0.4) is 0 Å². The summed E-state index contributed by atoms with van der Waals surface area (Å²) in [5.74, 6) is 0.823. The summed E-state index contributed by atoms with van der Waals surface area (Å²) >= 11 is 0. The van der Waals surface area contributed by atoms with Crippen molar-refractivity contribution in [2.45, 2.75) is 26.7 Å². The largest absolute Gasteiger partial charge is 0.435 e. The number of carbonyl (C=O) groups is 2. The van der Waals surface area contributed by atoms with Crippen LogP contribution in [0.1, 0.15) is 37.2 Å². The second-order valence-electron chi connectivity index (χ2n) is 4.84. The minimum absolute atomic E-state index is 0.0989. The lowest BCUT2D eigenvalue weighted by atomic mass is 10.0. The fourth-order valence-electron chi connectivity index (χ4n) is 2.22. The minimum Gasteiger partial charge on any atom is -0.435 e. The van der Waals surface area contributed by atoms with Crippen LogP contribution in [0.2, 0.25) is 0 Å². The number of hydrogen-bond acceptors (Lipinski definition) is 3. The third-order valence-electron chi connectivity index (χ3n) is 3.06. The Labute approximate surface area is 106 Å². The number of nitrogens with zero attached hydrogens (tertiary/aromatic N) is 1. The van der Waals surface area contributed by atoms with Gasteiger partial charge in [-0.3, -0.25) is 14.9 Å². The number of hydrogen-bond donors (Lipinski definition) is 1. The number of carbonyl (C=O) groups excluding carboxylic acids is 2. The Kier molecular flexibility index (Phi) is 3.69. The molecule has 1 saturated heterocycles. The molecule has 0 bridgehead atoms. The van der Waals surface area contributed by atoms with E-state index in [9.17, 15) is 9.59 Å². The van der Waals surface area contributed by atoms with Crippen molar-refractivity contribution in [2.75, 3.05) is 18.4 Å². The average molecular weight is 250 g/mol. The Bertz CT molecular complexity index is 453. The van der Waals surface area contributed by atoms with Gasteiger partial charge >= 0.3 is 0 Å². The smallest absolute Gasteiger partial charge is 0.289 e. The molecule has 2 rings (SSSR count). The first kappa shape index (κ1) is 12.7. The van der Waals surface area contributed by atoms with Crippen molar-refractivity contribution in [2.24, 2.45) is 5.92 Å². The number of likely N-dealkylation sites (tertiary alicyclic amines) is 1. The first-order chi connectivity index (χ1) is 8.56. The molecule has 18 heavy (non-hydrogen) atoms. The van der Waals surface area contributed by atoms with E-state index in [0.29, 0.717) is 11.8 Å². The molecule has 1 aromatic heterocycles. The number of anilines is 1. The minimum atomic E-state index is -0.213. The van der Waals surface area contributed by atoms with Crippen LogP contribution in [0.25, 0.3) is 0 Å². The van der Waals surface area contributed by atoms with E-state index in [0.717, 1.165) is 19.5 Å². The quantitative estimate of drug-likeness (QED) is 0.874. The van der Waals surface area contributed by atoms with Gasteiger partial charge < -0.3 is 9.32 Å². The van der Waals surface area contributed by atoms with Crippen LogP contribution in [0.15, 0.2) is 16.5 Å². The van der Waals surface area contributed by atoms with E-state index >= 15 is 0 Å². The van der Waals surface area contributed by atoms with E-state index in [1.807, 2.05) is 4.90 Å². The average Bonchev–Trinajstić information content (AvgIpc) is 2.75. The summed E-state index contributed by atoms with van der Waals surface area (Å²) in [6, 6.07) is 3.20. The zero-order valence-corrected chi connectivity index (χ0v) is 10.7. The molecule has 1 unspecified atom stereocenters. The van der Waals surface area contributed by atoms with Crippen molar-refractivity contribution in [3.05, 3.63) is 17.9 Å². The molecular weight excluding hydrogens is 232 g/mol. The molecule has 1 aromatic rings. The summed E-state index contributed by atoms with van der Waals surface area (Å²) in [7, 11) is 0. The number of rotatable bonds is 2. The second kappa shape index (κ2) is 5.25. The molecule has 0 spiro atoms. The molecular formula is C13H18N2O3. The molecule has 5 heteroatoms. The van der Waals surface area contributed by atoms with E-state index in [4.69, 9.17) is 4.42 Å². The molecule has 1 N–H and O–H groups in total. The predicted octanol–water partition coefficient (Wildman–Crippen LogP) is 2.11. The molecule has 0 saturated carbocycles. The Morgan fingerprint density at radius 3 is 2.89 bits per heavy atom. The molecule has 5 nitrogen and oxygen atoms in total. The zero-order valence-electron chi connectivity index (χ0n) is 10.7. The molecule has 0 aliphatic carbocycles. The fraction of sp³-hybridized carbons (Fsp3) is 0.538. The standard InChI is InChI=1S/C13H18N2O3/c1-9-4-3-7-15(8-9)13(17)11-5-6-12(18-11)14-10(2)16/h5-6,9H,3-4,7-8H2,1-2H3,(H,14,16). The van der Waals surface area contributed by atoms with Gasteiger partial charge in [0.2, 0.25) is 5.91 Å². The van der Waals surface area contributed by atoms with Gasteiger partial charge in [0.05, 0.1) is 0 Å². The third-order valence-corrected chi connectivity index (χ3v) is 3.06. The fourth-order valence-corrected chi connectivity index (χ4v) is 2.22. The van der Waals surface area contributed by atoms with E-state index in [-0.39, 0.29) is 17.6 Å². The third kappa shape index (κ3) is 2.91. The first-order valence-electron chi connectivity index (χ1n) is 6.23. The van der Waals surface area contributed by atoms with Crippen molar-refractivity contribution < 1.29 is 14.0 Å². The Hall–Kier alpha value is -1.78. The summed E-state index contributed by atoms with van der Waals surface area (Å²) in [6.07, 6.45) is 2.20. The second-order valence-corrected chi connectivity index (χ2v) is 4.84. The summed E-state index contributed by atoms with van der Waals surface area (Å²) < 4.78 is 5.32. The summed E-state index contributed by atoms with van der Waals surface area (Å²) in [5, 5.41) is 2.52. The van der Waals surface area contributed by atoms with Gasteiger partial charge in [0.15, 0.2) is 11.6 Å². The maximum atomic E-state index is 12.2. The molecule has 2 heterocycles. The van der Waals surface area contributed by atoms with Crippen LogP contribution in [-0.4, -0.2) is 29.8 Å². The van der Waals surface area contributed by atoms with Crippen LogP contribution >= 0.6 is 0 Å².